The molecule has 0 atom stereocenters. The molecule has 2 aliphatic rings. The Kier molecular flexibility index (Phi) is 5.42. The van der Waals surface area contributed by atoms with Crippen molar-refractivity contribution in [1.29, 1.82) is 0 Å². The van der Waals surface area contributed by atoms with Gasteiger partial charge in [0, 0.05) is 18.9 Å². The molecule has 0 amide bonds. The van der Waals surface area contributed by atoms with E-state index in [-0.39, 0.29) is 5.79 Å². The smallest absolute Gasteiger partial charge is 0.168 e. The highest BCUT2D eigenvalue weighted by atomic mass is 16.7. The van der Waals surface area contributed by atoms with Gasteiger partial charge in [0.15, 0.2) is 5.79 Å². The Hall–Kier alpha value is -0.160. The molecule has 0 radical (unpaired) electrons. The van der Waals surface area contributed by atoms with Gasteiger partial charge in [-0.3, -0.25) is 0 Å². The number of nitrogens with one attached hydrogen (secondary N) is 1. The summed E-state index contributed by atoms with van der Waals surface area (Å²) in [6.07, 6.45) is 7.04. The van der Waals surface area contributed by atoms with Crippen molar-refractivity contribution < 1.29 is 9.47 Å². The quantitative estimate of drug-likeness (QED) is 0.732. The highest BCUT2D eigenvalue weighted by Gasteiger charge is 2.39. The average Bonchev–Trinajstić information content (AvgIpc) is 2.80. The third-order valence-electron chi connectivity index (χ3n) is 4.03. The van der Waals surface area contributed by atoms with Crippen LogP contribution in [0.15, 0.2) is 0 Å². The molecule has 1 heterocycles. The van der Waals surface area contributed by atoms with E-state index in [1.54, 1.807) is 0 Å². The number of ether oxygens (including phenoxy) is 2. The van der Waals surface area contributed by atoms with Crippen LogP contribution in [0.2, 0.25) is 0 Å². The molecule has 1 N–H and O–H groups in total. The Morgan fingerprint density at radius 1 is 1.11 bits per heavy atom. The van der Waals surface area contributed by atoms with Crippen LogP contribution in [0, 0.1) is 0 Å². The van der Waals surface area contributed by atoms with Crippen LogP contribution in [0.5, 0.6) is 0 Å². The van der Waals surface area contributed by atoms with E-state index in [9.17, 15) is 0 Å². The topological polar surface area (TPSA) is 33.7 Å². The minimum absolute atomic E-state index is 0.205. The monoisotopic (exact) mass is 256 g/mol. The van der Waals surface area contributed by atoms with Crippen LogP contribution >= 0.6 is 0 Å². The van der Waals surface area contributed by atoms with E-state index in [0.29, 0.717) is 6.04 Å². The zero-order valence-corrected chi connectivity index (χ0v) is 11.9. The van der Waals surface area contributed by atoms with Gasteiger partial charge in [-0.25, -0.2) is 0 Å². The molecule has 0 aromatic rings. The predicted octanol–water partition coefficient (Wildman–Crippen LogP) is 1.60. The van der Waals surface area contributed by atoms with Gasteiger partial charge >= 0.3 is 0 Å². The molecule has 1 aliphatic heterocycles. The Labute approximate surface area is 111 Å². The maximum absolute atomic E-state index is 5.74. The lowest BCUT2D eigenvalue weighted by atomic mass is 9.90. The minimum atomic E-state index is -0.205. The summed E-state index contributed by atoms with van der Waals surface area (Å²) < 4.78 is 11.5. The van der Waals surface area contributed by atoms with E-state index in [2.05, 4.69) is 24.3 Å². The van der Waals surface area contributed by atoms with Crippen LogP contribution in [0.25, 0.3) is 0 Å². The molecular formula is C14H28N2O2. The van der Waals surface area contributed by atoms with Crippen LogP contribution < -0.4 is 5.32 Å². The lowest BCUT2D eigenvalue weighted by molar-refractivity contribution is -0.179. The Bertz CT molecular complexity index is 230. The first-order valence-electron chi connectivity index (χ1n) is 7.36. The molecule has 0 aromatic heterocycles. The highest BCUT2D eigenvalue weighted by Crippen LogP contribution is 2.35. The van der Waals surface area contributed by atoms with Crippen molar-refractivity contribution in [3.8, 4) is 0 Å². The SMILES string of the molecule is CN(C)CCCCNC1CCC2(CC1)OCCO2. The van der Waals surface area contributed by atoms with E-state index < -0.39 is 0 Å². The second-order valence-electron chi connectivity index (χ2n) is 5.85. The third kappa shape index (κ3) is 4.19. The first-order chi connectivity index (χ1) is 8.70. The van der Waals surface area contributed by atoms with Gasteiger partial charge < -0.3 is 19.7 Å². The van der Waals surface area contributed by atoms with Gasteiger partial charge in [-0.05, 0) is 52.9 Å². The summed E-state index contributed by atoms with van der Waals surface area (Å²) in [7, 11) is 4.27. The normalized spacial score (nSPS) is 24.2. The summed E-state index contributed by atoms with van der Waals surface area (Å²) in [5.41, 5.74) is 0. The summed E-state index contributed by atoms with van der Waals surface area (Å²) in [6.45, 7) is 3.90. The van der Waals surface area contributed by atoms with Gasteiger partial charge in [0.05, 0.1) is 13.2 Å². The van der Waals surface area contributed by atoms with Crippen molar-refractivity contribution in [2.24, 2.45) is 0 Å². The number of nitrogens with zero attached hydrogens (tertiary/aromatic N) is 1. The van der Waals surface area contributed by atoms with Crippen LogP contribution in [0.1, 0.15) is 38.5 Å². The van der Waals surface area contributed by atoms with Crippen LogP contribution in [0.3, 0.4) is 0 Å². The van der Waals surface area contributed by atoms with Crippen molar-refractivity contribution >= 4 is 0 Å². The largest absolute Gasteiger partial charge is 0.348 e. The van der Waals surface area contributed by atoms with Crippen molar-refractivity contribution in [1.82, 2.24) is 10.2 Å². The molecule has 106 valence electrons. The summed E-state index contributed by atoms with van der Waals surface area (Å²) in [6, 6.07) is 0.669. The molecule has 0 bridgehead atoms. The lowest BCUT2D eigenvalue weighted by Gasteiger charge is -2.35. The van der Waals surface area contributed by atoms with Crippen molar-refractivity contribution in [3.05, 3.63) is 0 Å². The Morgan fingerprint density at radius 2 is 1.78 bits per heavy atom. The van der Waals surface area contributed by atoms with Gasteiger partial charge in [0.1, 0.15) is 0 Å². The van der Waals surface area contributed by atoms with E-state index in [0.717, 1.165) is 32.6 Å². The molecular weight excluding hydrogens is 228 g/mol. The molecule has 1 saturated heterocycles. The Balaban J connectivity index is 1.54. The summed E-state index contributed by atoms with van der Waals surface area (Å²) >= 11 is 0. The fraction of sp³-hybridized carbons (Fsp3) is 1.00. The van der Waals surface area contributed by atoms with Crippen LogP contribution in [-0.4, -0.2) is 57.1 Å². The zero-order valence-electron chi connectivity index (χ0n) is 11.9. The summed E-state index contributed by atoms with van der Waals surface area (Å²) in [4.78, 5) is 2.25. The second kappa shape index (κ2) is 6.85. The summed E-state index contributed by atoms with van der Waals surface area (Å²) in [5, 5.41) is 3.67. The number of hydrogen-bond acceptors (Lipinski definition) is 4. The van der Waals surface area contributed by atoms with Crippen LogP contribution in [-0.2, 0) is 9.47 Å². The van der Waals surface area contributed by atoms with E-state index in [1.165, 1.54) is 32.2 Å². The van der Waals surface area contributed by atoms with Crippen molar-refractivity contribution in [3.63, 3.8) is 0 Å². The number of unbranched alkanes of at least 4 members (excludes halogenated alkanes) is 1. The fourth-order valence-corrected chi connectivity index (χ4v) is 2.91. The van der Waals surface area contributed by atoms with Gasteiger partial charge in [-0.1, -0.05) is 0 Å². The molecule has 0 aromatic carbocycles. The maximum Gasteiger partial charge on any atom is 0.168 e. The molecule has 1 spiro atoms. The molecule has 1 aliphatic carbocycles. The second-order valence-corrected chi connectivity index (χ2v) is 5.85. The molecule has 2 rings (SSSR count). The Morgan fingerprint density at radius 3 is 2.39 bits per heavy atom. The number of rotatable bonds is 6. The van der Waals surface area contributed by atoms with Gasteiger partial charge in [0.2, 0.25) is 0 Å². The first kappa shape index (κ1) is 14.3. The molecule has 4 heteroatoms. The van der Waals surface area contributed by atoms with Gasteiger partial charge in [0.25, 0.3) is 0 Å². The third-order valence-corrected chi connectivity index (χ3v) is 4.03. The lowest BCUT2D eigenvalue weighted by Crippen LogP contribution is -2.42. The molecule has 18 heavy (non-hydrogen) atoms. The molecule has 0 unspecified atom stereocenters. The van der Waals surface area contributed by atoms with Crippen molar-refractivity contribution in [2.75, 3.05) is 40.4 Å². The standard InChI is InChI=1S/C14H28N2O2/c1-16(2)10-4-3-9-15-13-5-7-14(8-6-13)17-11-12-18-14/h13,15H,3-12H2,1-2H3. The van der Waals surface area contributed by atoms with Crippen molar-refractivity contribution in [2.45, 2.75) is 50.4 Å². The molecule has 4 nitrogen and oxygen atoms in total. The molecule has 1 saturated carbocycles. The van der Waals surface area contributed by atoms with E-state index in [4.69, 9.17) is 9.47 Å². The number of hydrogen-bond donors (Lipinski definition) is 1. The van der Waals surface area contributed by atoms with Gasteiger partial charge in [-0.15, -0.1) is 0 Å². The van der Waals surface area contributed by atoms with Gasteiger partial charge in [-0.2, -0.15) is 0 Å². The fourth-order valence-electron chi connectivity index (χ4n) is 2.91. The molecule has 2 fully saturated rings. The maximum atomic E-state index is 5.74. The zero-order chi connectivity index (χ0) is 12.8. The summed E-state index contributed by atoms with van der Waals surface area (Å²) in [5.74, 6) is -0.205. The average molecular weight is 256 g/mol. The van der Waals surface area contributed by atoms with E-state index >= 15 is 0 Å². The van der Waals surface area contributed by atoms with E-state index in [1.807, 2.05) is 0 Å². The first-order valence-corrected chi connectivity index (χ1v) is 7.36. The van der Waals surface area contributed by atoms with Crippen LogP contribution in [0.4, 0.5) is 0 Å². The predicted molar refractivity (Wildman–Crippen MR) is 72.7 cm³/mol. The minimum Gasteiger partial charge on any atom is -0.348 e. The highest BCUT2D eigenvalue weighted by molar-refractivity contribution is 4.85.